The number of ether oxygens (including phenoxy) is 2. The van der Waals surface area contributed by atoms with Crippen molar-refractivity contribution in [2.24, 2.45) is 0 Å². The van der Waals surface area contributed by atoms with Crippen LogP contribution in [0.4, 0.5) is 0 Å². The monoisotopic (exact) mass is 244 g/mol. The first kappa shape index (κ1) is 16.9. The molecule has 0 aliphatic rings. The van der Waals surface area contributed by atoms with Gasteiger partial charge in [-0.25, -0.2) is 0 Å². The minimum atomic E-state index is -0.298. The molecule has 0 aromatic rings. The summed E-state index contributed by atoms with van der Waals surface area (Å²) in [5.41, 5.74) is 0. The second-order valence-corrected chi connectivity index (χ2v) is 4.69. The highest BCUT2D eigenvalue weighted by Gasteiger charge is 2.29. The van der Waals surface area contributed by atoms with Gasteiger partial charge >= 0.3 is 0 Å². The number of hydrogen-bond acceptors (Lipinski definition) is 2. The predicted octanol–water partition coefficient (Wildman–Crippen LogP) is 4.92. The van der Waals surface area contributed by atoms with E-state index in [0.29, 0.717) is 0 Å². The van der Waals surface area contributed by atoms with Gasteiger partial charge in [0.15, 0.2) is 5.79 Å². The quantitative estimate of drug-likeness (QED) is 0.358. The van der Waals surface area contributed by atoms with E-state index >= 15 is 0 Å². The van der Waals surface area contributed by atoms with Crippen LogP contribution in [0, 0.1) is 0 Å². The fraction of sp³-hybridized carbons (Fsp3) is 1.00. The zero-order valence-corrected chi connectivity index (χ0v) is 12.4. The molecule has 0 spiro atoms. The van der Waals surface area contributed by atoms with Gasteiger partial charge in [0.25, 0.3) is 0 Å². The summed E-state index contributed by atoms with van der Waals surface area (Å²) in [5, 5.41) is 0. The first-order valence-electron chi connectivity index (χ1n) is 7.52. The van der Waals surface area contributed by atoms with Gasteiger partial charge in [0.2, 0.25) is 0 Å². The molecule has 0 fully saturated rings. The van der Waals surface area contributed by atoms with E-state index in [0.717, 1.165) is 26.1 Å². The van der Waals surface area contributed by atoms with Gasteiger partial charge in [-0.05, 0) is 26.7 Å². The van der Waals surface area contributed by atoms with Gasteiger partial charge in [0, 0.05) is 26.1 Å². The van der Waals surface area contributed by atoms with Crippen LogP contribution in [0.3, 0.4) is 0 Å². The highest BCUT2D eigenvalue weighted by Crippen LogP contribution is 2.28. The van der Waals surface area contributed by atoms with Crippen LogP contribution in [0.2, 0.25) is 0 Å². The van der Waals surface area contributed by atoms with Crippen LogP contribution in [-0.2, 0) is 9.47 Å². The van der Waals surface area contributed by atoms with E-state index in [1.807, 2.05) is 0 Å². The molecule has 0 aromatic heterocycles. The normalized spacial score (nSPS) is 12.0. The standard InChI is InChI=1S/C15H32O2/c1-5-9-11-13-15(16-7-3,17-8-4)14-12-10-6-2/h5-14H2,1-4H3. The lowest BCUT2D eigenvalue weighted by molar-refractivity contribution is -0.242. The average molecular weight is 244 g/mol. The largest absolute Gasteiger partial charge is 0.350 e. The molecule has 0 N–H and O–H groups in total. The highest BCUT2D eigenvalue weighted by atomic mass is 16.7. The van der Waals surface area contributed by atoms with Crippen molar-refractivity contribution in [1.82, 2.24) is 0 Å². The predicted molar refractivity (Wildman–Crippen MR) is 74.3 cm³/mol. The number of hydrogen-bond donors (Lipinski definition) is 0. The summed E-state index contributed by atoms with van der Waals surface area (Å²) in [7, 11) is 0. The van der Waals surface area contributed by atoms with Gasteiger partial charge in [-0.2, -0.15) is 0 Å². The van der Waals surface area contributed by atoms with E-state index in [1.165, 1.54) is 38.5 Å². The molecule has 0 rings (SSSR count). The maximum Gasteiger partial charge on any atom is 0.168 e. The van der Waals surface area contributed by atoms with Crippen LogP contribution in [0.5, 0.6) is 0 Å². The van der Waals surface area contributed by atoms with Crippen LogP contribution in [0.1, 0.15) is 79.1 Å². The van der Waals surface area contributed by atoms with Gasteiger partial charge in [0.05, 0.1) is 0 Å². The Morgan fingerprint density at radius 3 is 1.35 bits per heavy atom. The Balaban J connectivity index is 4.25. The first-order valence-corrected chi connectivity index (χ1v) is 7.52. The zero-order valence-electron chi connectivity index (χ0n) is 12.4. The summed E-state index contributed by atoms with van der Waals surface area (Å²) in [6.07, 6.45) is 9.57. The van der Waals surface area contributed by atoms with E-state index in [4.69, 9.17) is 9.47 Å². The van der Waals surface area contributed by atoms with E-state index in [2.05, 4.69) is 27.7 Å². The van der Waals surface area contributed by atoms with Gasteiger partial charge in [0.1, 0.15) is 0 Å². The summed E-state index contributed by atoms with van der Waals surface area (Å²) >= 11 is 0. The maximum atomic E-state index is 5.94. The molecule has 2 nitrogen and oxygen atoms in total. The topological polar surface area (TPSA) is 18.5 Å². The second-order valence-electron chi connectivity index (χ2n) is 4.69. The lowest BCUT2D eigenvalue weighted by Crippen LogP contribution is -2.36. The minimum absolute atomic E-state index is 0.298. The Labute approximate surface area is 108 Å². The number of unbranched alkanes of at least 4 members (excludes halogenated alkanes) is 4. The average Bonchev–Trinajstić information content (AvgIpc) is 2.30. The van der Waals surface area contributed by atoms with Crippen LogP contribution in [-0.4, -0.2) is 19.0 Å². The molecule has 0 unspecified atom stereocenters. The van der Waals surface area contributed by atoms with Crippen molar-refractivity contribution in [3.63, 3.8) is 0 Å². The van der Waals surface area contributed by atoms with Gasteiger partial charge in [-0.1, -0.05) is 39.5 Å². The summed E-state index contributed by atoms with van der Waals surface area (Å²) in [4.78, 5) is 0. The molecule has 0 atom stereocenters. The Morgan fingerprint density at radius 1 is 0.647 bits per heavy atom. The van der Waals surface area contributed by atoms with Crippen LogP contribution in [0.25, 0.3) is 0 Å². The second kappa shape index (κ2) is 11.0. The summed E-state index contributed by atoms with van der Waals surface area (Å²) < 4.78 is 11.9. The fourth-order valence-electron chi connectivity index (χ4n) is 2.27. The van der Waals surface area contributed by atoms with Gasteiger partial charge in [-0.15, -0.1) is 0 Å². The Hall–Kier alpha value is -0.0800. The third-order valence-electron chi connectivity index (χ3n) is 3.14. The number of rotatable bonds is 12. The van der Waals surface area contributed by atoms with Crippen LogP contribution in [0.15, 0.2) is 0 Å². The first-order chi connectivity index (χ1) is 8.24. The summed E-state index contributed by atoms with van der Waals surface area (Å²) in [6.45, 7) is 10.1. The molecule has 0 aliphatic carbocycles. The molecule has 0 aliphatic heterocycles. The lowest BCUT2D eigenvalue weighted by atomic mass is 10.0. The Kier molecular flexibility index (Phi) is 11.0. The Morgan fingerprint density at radius 2 is 1.06 bits per heavy atom. The van der Waals surface area contributed by atoms with Crippen molar-refractivity contribution in [1.29, 1.82) is 0 Å². The molecule has 2 heteroatoms. The molecule has 17 heavy (non-hydrogen) atoms. The zero-order chi connectivity index (χ0) is 13.0. The third kappa shape index (κ3) is 7.77. The molecule has 0 amide bonds. The van der Waals surface area contributed by atoms with Crippen molar-refractivity contribution in [2.75, 3.05) is 13.2 Å². The van der Waals surface area contributed by atoms with Crippen molar-refractivity contribution >= 4 is 0 Å². The molecule has 0 saturated carbocycles. The molecule has 0 bridgehead atoms. The molecule has 0 aromatic carbocycles. The van der Waals surface area contributed by atoms with E-state index in [9.17, 15) is 0 Å². The van der Waals surface area contributed by atoms with Crippen molar-refractivity contribution in [3.8, 4) is 0 Å². The summed E-state index contributed by atoms with van der Waals surface area (Å²) in [6, 6.07) is 0. The molecule has 0 saturated heterocycles. The molecule has 0 radical (unpaired) electrons. The van der Waals surface area contributed by atoms with Crippen LogP contribution >= 0.6 is 0 Å². The molecular weight excluding hydrogens is 212 g/mol. The maximum absolute atomic E-state index is 5.94. The highest BCUT2D eigenvalue weighted by molar-refractivity contribution is 4.70. The van der Waals surface area contributed by atoms with E-state index in [-0.39, 0.29) is 5.79 Å². The molecular formula is C15H32O2. The lowest BCUT2D eigenvalue weighted by Gasteiger charge is -2.33. The van der Waals surface area contributed by atoms with E-state index in [1.54, 1.807) is 0 Å². The van der Waals surface area contributed by atoms with Gasteiger partial charge in [-0.3, -0.25) is 0 Å². The smallest absolute Gasteiger partial charge is 0.168 e. The Bertz CT molecular complexity index is 139. The third-order valence-corrected chi connectivity index (χ3v) is 3.14. The van der Waals surface area contributed by atoms with Crippen LogP contribution < -0.4 is 0 Å². The van der Waals surface area contributed by atoms with Crippen molar-refractivity contribution in [3.05, 3.63) is 0 Å². The minimum Gasteiger partial charge on any atom is -0.350 e. The molecule has 0 heterocycles. The van der Waals surface area contributed by atoms with Crippen molar-refractivity contribution in [2.45, 2.75) is 84.8 Å². The summed E-state index contributed by atoms with van der Waals surface area (Å²) in [5.74, 6) is -0.298. The fourth-order valence-corrected chi connectivity index (χ4v) is 2.27. The SMILES string of the molecule is CCCCCC(CCCCC)(OCC)OCC. The van der Waals surface area contributed by atoms with Gasteiger partial charge < -0.3 is 9.47 Å². The van der Waals surface area contributed by atoms with Crippen molar-refractivity contribution < 1.29 is 9.47 Å². The molecule has 104 valence electrons. The van der Waals surface area contributed by atoms with E-state index < -0.39 is 0 Å².